The summed E-state index contributed by atoms with van der Waals surface area (Å²) in [6.07, 6.45) is 1.95. The number of rotatable bonds is 2. The fraction of sp³-hybridized carbons (Fsp3) is 0.417. The van der Waals surface area contributed by atoms with Gasteiger partial charge in [0.2, 0.25) is 10.0 Å². The molecule has 0 radical (unpaired) electrons. The van der Waals surface area contributed by atoms with Gasteiger partial charge < -0.3 is 4.42 Å². The van der Waals surface area contributed by atoms with Crippen molar-refractivity contribution in [3.05, 3.63) is 29.1 Å². The molecule has 102 valence electrons. The van der Waals surface area contributed by atoms with E-state index in [9.17, 15) is 8.42 Å². The highest BCUT2D eigenvalue weighted by Gasteiger charge is 2.32. The molecule has 0 saturated carbocycles. The van der Waals surface area contributed by atoms with Crippen LogP contribution in [0, 0.1) is 0 Å². The Labute approximate surface area is 116 Å². The lowest BCUT2D eigenvalue weighted by atomic mass is 10.1. The Morgan fingerprint density at radius 3 is 2.95 bits per heavy atom. The van der Waals surface area contributed by atoms with Gasteiger partial charge in [0.05, 0.1) is 12.2 Å². The third-order valence-corrected chi connectivity index (χ3v) is 4.84. The lowest BCUT2D eigenvalue weighted by Gasteiger charge is -2.11. The largest absolute Gasteiger partial charge is 0.440 e. The van der Waals surface area contributed by atoms with Crippen LogP contribution in [0.4, 0.5) is 0 Å². The van der Waals surface area contributed by atoms with E-state index >= 15 is 0 Å². The summed E-state index contributed by atoms with van der Waals surface area (Å²) in [6.45, 7) is 0.947. The molecule has 3 rings (SSSR count). The molecule has 1 fully saturated rings. The molecule has 0 bridgehead atoms. The van der Waals surface area contributed by atoms with Crippen LogP contribution in [-0.4, -0.2) is 37.1 Å². The Kier molecular flexibility index (Phi) is 3.03. The molecule has 5 nitrogen and oxygen atoms in total. The van der Waals surface area contributed by atoms with Gasteiger partial charge in [0.25, 0.3) is 0 Å². The lowest BCUT2D eigenvalue weighted by Crippen LogP contribution is -2.27. The summed E-state index contributed by atoms with van der Waals surface area (Å²) < 4.78 is 30.1. The van der Waals surface area contributed by atoms with Gasteiger partial charge in [-0.25, -0.2) is 17.7 Å². The first-order valence-corrected chi connectivity index (χ1v) is 8.17. The van der Waals surface area contributed by atoms with Gasteiger partial charge in [0.15, 0.2) is 11.5 Å². The second-order valence-corrected chi connectivity index (χ2v) is 7.19. The summed E-state index contributed by atoms with van der Waals surface area (Å²) in [6, 6.07) is 5.26. The van der Waals surface area contributed by atoms with Crippen LogP contribution in [0.5, 0.6) is 0 Å². The Morgan fingerprint density at radius 1 is 1.47 bits per heavy atom. The number of hydrogen-bond acceptors (Lipinski definition) is 4. The minimum absolute atomic E-state index is 0.0147. The average Bonchev–Trinajstić information content (AvgIpc) is 2.92. The van der Waals surface area contributed by atoms with E-state index in [1.807, 2.05) is 0 Å². The molecule has 1 aliphatic heterocycles. The average molecular weight is 301 g/mol. The van der Waals surface area contributed by atoms with E-state index in [0.717, 1.165) is 6.42 Å². The van der Waals surface area contributed by atoms with Gasteiger partial charge in [0, 0.05) is 18.1 Å². The van der Waals surface area contributed by atoms with E-state index in [0.29, 0.717) is 35.1 Å². The van der Waals surface area contributed by atoms with E-state index < -0.39 is 10.0 Å². The summed E-state index contributed by atoms with van der Waals surface area (Å²) in [7, 11) is -3.14. The van der Waals surface area contributed by atoms with Crippen molar-refractivity contribution in [2.24, 2.45) is 0 Å². The van der Waals surface area contributed by atoms with Crippen molar-refractivity contribution in [3.63, 3.8) is 0 Å². The molecule has 0 amide bonds. The van der Waals surface area contributed by atoms with Crippen LogP contribution >= 0.6 is 11.6 Å². The summed E-state index contributed by atoms with van der Waals surface area (Å²) in [5, 5.41) is 0.608. The molecular formula is C12H13ClN2O3S. The van der Waals surface area contributed by atoms with Gasteiger partial charge in [-0.3, -0.25) is 0 Å². The molecule has 7 heteroatoms. The van der Waals surface area contributed by atoms with Gasteiger partial charge in [0.1, 0.15) is 5.52 Å². The highest BCUT2D eigenvalue weighted by atomic mass is 35.5. The molecule has 1 saturated heterocycles. The summed E-state index contributed by atoms with van der Waals surface area (Å²) in [5.41, 5.74) is 1.39. The molecule has 1 aromatic carbocycles. The molecule has 2 aromatic rings. The van der Waals surface area contributed by atoms with Crippen molar-refractivity contribution >= 4 is 32.7 Å². The third kappa shape index (κ3) is 2.48. The number of sulfonamides is 1. The van der Waals surface area contributed by atoms with Crippen molar-refractivity contribution in [3.8, 4) is 0 Å². The number of hydrogen-bond donors (Lipinski definition) is 0. The zero-order valence-electron chi connectivity index (χ0n) is 10.3. The summed E-state index contributed by atoms with van der Waals surface area (Å²) >= 11 is 5.90. The van der Waals surface area contributed by atoms with Crippen LogP contribution in [0.2, 0.25) is 5.02 Å². The minimum atomic E-state index is -3.14. The van der Waals surface area contributed by atoms with E-state index in [4.69, 9.17) is 16.0 Å². The maximum Gasteiger partial charge on any atom is 0.211 e. The highest BCUT2D eigenvalue weighted by molar-refractivity contribution is 7.88. The molecule has 0 N–H and O–H groups in total. The molecule has 0 unspecified atom stereocenters. The number of aromatic nitrogens is 1. The van der Waals surface area contributed by atoms with Crippen molar-refractivity contribution in [1.29, 1.82) is 0 Å². The first-order chi connectivity index (χ1) is 8.93. The summed E-state index contributed by atoms with van der Waals surface area (Å²) in [5.74, 6) is 0.601. The fourth-order valence-electron chi connectivity index (χ4n) is 2.32. The van der Waals surface area contributed by atoms with Crippen LogP contribution in [0.15, 0.2) is 22.6 Å². The first kappa shape index (κ1) is 12.9. The minimum Gasteiger partial charge on any atom is -0.440 e. The van der Waals surface area contributed by atoms with Crippen molar-refractivity contribution in [2.45, 2.75) is 12.3 Å². The lowest BCUT2D eigenvalue weighted by molar-refractivity contribution is 0.451. The van der Waals surface area contributed by atoms with Crippen molar-refractivity contribution in [2.75, 3.05) is 19.3 Å². The van der Waals surface area contributed by atoms with Crippen molar-refractivity contribution < 1.29 is 12.8 Å². The maximum atomic E-state index is 11.5. The number of benzene rings is 1. The molecule has 0 aliphatic carbocycles. The van der Waals surface area contributed by atoms with Gasteiger partial charge in [-0.15, -0.1) is 0 Å². The topological polar surface area (TPSA) is 63.4 Å². The number of fused-ring (bicyclic) bond motifs is 1. The Bertz CT molecular complexity index is 726. The molecule has 19 heavy (non-hydrogen) atoms. The molecule has 2 heterocycles. The van der Waals surface area contributed by atoms with Gasteiger partial charge in [-0.1, -0.05) is 11.6 Å². The Hall–Kier alpha value is -1.11. The normalized spacial score (nSPS) is 21.3. The second kappa shape index (κ2) is 4.47. The number of halogens is 1. The van der Waals surface area contributed by atoms with Crippen LogP contribution in [0.3, 0.4) is 0 Å². The van der Waals surface area contributed by atoms with E-state index in [1.165, 1.54) is 10.6 Å². The Balaban J connectivity index is 1.90. The molecule has 1 atom stereocenters. The summed E-state index contributed by atoms with van der Waals surface area (Å²) in [4.78, 5) is 4.40. The van der Waals surface area contributed by atoms with Gasteiger partial charge in [-0.2, -0.15) is 0 Å². The van der Waals surface area contributed by atoms with Crippen LogP contribution in [0.25, 0.3) is 11.1 Å². The molecule has 1 aromatic heterocycles. The van der Waals surface area contributed by atoms with Crippen molar-refractivity contribution in [1.82, 2.24) is 9.29 Å². The number of nitrogens with zero attached hydrogens (tertiary/aromatic N) is 2. The molecule has 0 spiro atoms. The molecular weight excluding hydrogens is 288 g/mol. The SMILES string of the molecule is CS(=O)(=O)N1CC[C@H](c2nc3cc(Cl)ccc3o2)C1. The quantitative estimate of drug-likeness (QED) is 0.853. The van der Waals surface area contributed by atoms with Gasteiger partial charge in [-0.05, 0) is 24.6 Å². The standard InChI is InChI=1S/C12H13ClN2O3S/c1-19(16,17)15-5-4-8(7-15)12-14-10-6-9(13)2-3-11(10)18-12/h2-3,6,8H,4-5,7H2,1H3/t8-/m0/s1. The predicted octanol–water partition coefficient (Wildman–Crippen LogP) is 2.23. The fourth-order valence-corrected chi connectivity index (χ4v) is 3.38. The van der Waals surface area contributed by atoms with Crippen LogP contribution < -0.4 is 0 Å². The number of oxazole rings is 1. The molecule has 1 aliphatic rings. The van der Waals surface area contributed by atoms with Crippen LogP contribution in [0.1, 0.15) is 18.2 Å². The van der Waals surface area contributed by atoms with E-state index in [1.54, 1.807) is 18.2 Å². The first-order valence-electron chi connectivity index (χ1n) is 5.94. The zero-order valence-corrected chi connectivity index (χ0v) is 11.9. The monoisotopic (exact) mass is 300 g/mol. The third-order valence-electron chi connectivity index (χ3n) is 3.34. The maximum absolute atomic E-state index is 11.5. The van der Waals surface area contributed by atoms with E-state index in [-0.39, 0.29) is 5.92 Å². The van der Waals surface area contributed by atoms with E-state index in [2.05, 4.69) is 4.98 Å². The van der Waals surface area contributed by atoms with Gasteiger partial charge >= 0.3 is 0 Å². The second-order valence-electron chi connectivity index (χ2n) is 4.77. The van der Waals surface area contributed by atoms with Crippen LogP contribution in [-0.2, 0) is 10.0 Å². The zero-order chi connectivity index (χ0) is 13.6. The predicted molar refractivity (Wildman–Crippen MR) is 72.8 cm³/mol. The Morgan fingerprint density at radius 2 is 2.26 bits per heavy atom. The smallest absolute Gasteiger partial charge is 0.211 e. The highest BCUT2D eigenvalue weighted by Crippen LogP contribution is 2.30.